The van der Waals surface area contributed by atoms with Gasteiger partial charge in [-0.3, -0.25) is 0 Å². The Labute approximate surface area is 97.0 Å². The molecule has 0 radical (unpaired) electrons. The van der Waals surface area contributed by atoms with Gasteiger partial charge in [-0.25, -0.2) is 0 Å². The molecule has 0 unspecified atom stereocenters. The summed E-state index contributed by atoms with van der Waals surface area (Å²) < 4.78 is 2.81. The van der Waals surface area contributed by atoms with Crippen molar-refractivity contribution in [1.82, 2.24) is 4.98 Å². The second-order valence-electron chi connectivity index (χ2n) is 4.60. The van der Waals surface area contributed by atoms with Crippen LogP contribution in [0.4, 0.5) is 0 Å². The minimum absolute atomic E-state index is 1.28. The summed E-state index contributed by atoms with van der Waals surface area (Å²) in [5, 5.41) is 2.83. The van der Waals surface area contributed by atoms with Crippen molar-refractivity contribution in [3.05, 3.63) is 35.4 Å². The van der Waals surface area contributed by atoms with Gasteiger partial charge in [-0.05, 0) is 49.2 Å². The summed E-state index contributed by atoms with van der Waals surface area (Å²) in [6, 6.07) is 9.05. The second kappa shape index (κ2) is 2.58. The lowest BCUT2D eigenvalue weighted by Crippen LogP contribution is -1.73. The van der Waals surface area contributed by atoms with E-state index < -0.39 is 0 Å². The number of nitrogens with one attached hydrogen (secondary N) is 1. The van der Waals surface area contributed by atoms with E-state index in [4.69, 9.17) is 0 Å². The number of H-pyrrole nitrogens is 1. The lowest BCUT2D eigenvalue weighted by atomic mass is 10.1. The van der Waals surface area contributed by atoms with E-state index in [2.05, 4.69) is 43.1 Å². The van der Waals surface area contributed by atoms with Crippen molar-refractivity contribution >= 4 is 42.5 Å². The molecule has 0 atom stereocenters. The van der Waals surface area contributed by atoms with Gasteiger partial charge < -0.3 is 4.98 Å². The zero-order valence-corrected chi connectivity index (χ0v) is 10.0. The average molecular weight is 225 g/mol. The number of benzene rings is 2. The monoisotopic (exact) mass is 225 g/mol. The minimum Gasteiger partial charge on any atom is -0.354 e. The summed E-state index contributed by atoms with van der Waals surface area (Å²) in [5.41, 5.74) is 5.22. The van der Waals surface area contributed by atoms with E-state index >= 15 is 0 Å². The van der Waals surface area contributed by atoms with Crippen molar-refractivity contribution in [1.29, 1.82) is 0 Å². The maximum atomic E-state index is 3.53. The first-order valence-corrected chi connectivity index (χ1v) is 6.28. The highest BCUT2D eigenvalue weighted by Gasteiger charge is 2.14. The van der Waals surface area contributed by atoms with Gasteiger partial charge in [0, 0.05) is 31.2 Å². The molecule has 2 heterocycles. The highest BCUT2D eigenvalue weighted by atomic mass is 32.1. The largest absolute Gasteiger partial charge is 0.354 e. The number of rotatable bonds is 0. The average Bonchev–Trinajstić information content (AvgIpc) is 2.70. The van der Waals surface area contributed by atoms with Gasteiger partial charge in [0.25, 0.3) is 0 Å². The van der Waals surface area contributed by atoms with Crippen LogP contribution in [0.3, 0.4) is 0 Å². The molecular formula is C14H11NS. The third kappa shape index (κ3) is 0.908. The van der Waals surface area contributed by atoms with Crippen molar-refractivity contribution in [3.8, 4) is 0 Å². The van der Waals surface area contributed by atoms with E-state index in [1.807, 2.05) is 11.3 Å². The fraction of sp³-hybridized carbons (Fsp3) is 0.143. The standard InChI is InChI=1S/C14H11NS/c1-7-3-9-13-11(5-7)16-12-6-8(2)4-10(15-9)14(12)13/h3-6,15H,1-2H3. The molecule has 2 aromatic heterocycles. The molecule has 1 nitrogen and oxygen atoms in total. The lowest BCUT2D eigenvalue weighted by molar-refractivity contribution is 1.47. The smallest absolute Gasteiger partial charge is 0.0482 e. The lowest BCUT2D eigenvalue weighted by Gasteiger charge is -1.94. The Kier molecular flexibility index (Phi) is 1.39. The molecule has 2 heteroatoms. The molecule has 0 spiro atoms. The van der Waals surface area contributed by atoms with E-state index in [-0.39, 0.29) is 0 Å². The van der Waals surface area contributed by atoms with Crippen LogP contribution in [0.25, 0.3) is 31.2 Å². The van der Waals surface area contributed by atoms with Crippen molar-refractivity contribution < 1.29 is 0 Å². The van der Waals surface area contributed by atoms with Crippen molar-refractivity contribution in [2.24, 2.45) is 0 Å². The number of aryl methyl sites for hydroxylation is 2. The number of hydrogen-bond donors (Lipinski definition) is 1. The predicted molar refractivity (Wildman–Crippen MR) is 71.8 cm³/mol. The molecule has 0 bridgehead atoms. The third-order valence-corrected chi connectivity index (χ3v) is 4.32. The molecule has 4 aromatic rings. The maximum absolute atomic E-state index is 3.53. The normalized spacial score (nSPS) is 12.4. The van der Waals surface area contributed by atoms with E-state index in [0.29, 0.717) is 0 Å². The Morgan fingerprint density at radius 3 is 1.81 bits per heavy atom. The summed E-state index contributed by atoms with van der Waals surface area (Å²) >= 11 is 1.90. The highest BCUT2D eigenvalue weighted by Crippen LogP contribution is 2.41. The Morgan fingerprint density at radius 2 is 1.31 bits per heavy atom. The third-order valence-electron chi connectivity index (χ3n) is 3.23. The van der Waals surface area contributed by atoms with Crippen molar-refractivity contribution in [2.75, 3.05) is 0 Å². The second-order valence-corrected chi connectivity index (χ2v) is 5.68. The molecule has 16 heavy (non-hydrogen) atoms. The molecule has 2 aromatic carbocycles. The molecule has 0 fully saturated rings. The van der Waals surface area contributed by atoms with Crippen LogP contribution in [0.5, 0.6) is 0 Å². The molecule has 0 aliphatic rings. The zero-order valence-electron chi connectivity index (χ0n) is 9.22. The van der Waals surface area contributed by atoms with Crippen LogP contribution in [-0.2, 0) is 0 Å². The fourth-order valence-corrected chi connectivity index (χ4v) is 4.00. The predicted octanol–water partition coefficient (Wildman–Crippen LogP) is 4.59. The first-order chi connectivity index (χ1) is 7.72. The van der Waals surface area contributed by atoms with Gasteiger partial charge in [-0.1, -0.05) is 0 Å². The first kappa shape index (κ1) is 8.59. The van der Waals surface area contributed by atoms with Crippen molar-refractivity contribution in [2.45, 2.75) is 13.8 Å². The molecule has 1 N–H and O–H groups in total. The van der Waals surface area contributed by atoms with Gasteiger partial charge in [0.2, 0.25) is 0 Å². The maximum Gasteiger partial charge on any atom is 0.0482 e. The van der Waals surface area contributed by atoms with Gasteiger partial charge in [-0.2, -0.15) is 0 Å². The van der Waals surface area contributed by atoms with Crippen molar-refractivity contribution in [3.63, 3.8) is 0 Å². The van der Waals surface area contributed by atoms with E-state index in [1.165, 1.54) is 42.3 Å². The molecule has 0 aliphatic carbocycles. The Hall–Kier alpha value is -1.54. The van der Waals surface area contributed by atoms with Crippen LogP contribution in [0.15, 0.2) is 24.3 Å². The zero-order chi connectivity index (χ0) is 10.9. The van der Waals surface area contributed by atoms with Crippen LogP contribution in [0.2, 0.25) is 0 Å². The van der Waals surface area contributed by atoms with Gasteiger partial charge >= 0.3 is 0 Å². The first-order valence-electron chi connectivity index (χ1n) is 5.47. The van der Waals surface area contributed by atoms with Crippen LogP contribution in [0, 0.1) is 13.8 Å². The molecule has 0 saturated carbocycles. The van der Waals surface area contributed by atoms with Crippen LogP contribution in [-0.4, -0.2) is 4.98 Å². The number of thiophene rings is 1. The molecule has 0 amide bonds. The molecule has 0 aliphatic heterocycles. The Morgan fingerprint density at radius 1 is 0.812 bits per heavy atom. The summed E-state index contributed by atoms with van der Waals surface area (Å²) in [5.74, 6) is 0. The summed E-state index contributed by atoms with van der Waals surface area (Å²) in [4.78, 5) is 3.53. The number of hydrogen-bond acceptors (Lipinski definition) is 1. The SMILES string of the molecule is Cc1cc2[nH]c3cc(C)cc4sc(c1)c2c34. The summed E-state index contributed by atoms with van der Waals surface area (Å²) in [6.07, 6.45) is 0. The van der Waals surface area contributed by atoms with E-state index in [9.17, 15) is 0 Å². The number of aromatic nitrogens is 1. The quantitative estimate of drug-likeness (QED) is 0.450. The van der Waals surface area contributed by atoms with Gasteiger partial charge in [0.1, 0.15) is 0 Å². The molecule has 0 saturated heterocycles. The molecular weight excluding hydrogens is 214 g/mol. The van der Waals surface area contributed by atoms with Gasteiger partial charge in [0.05, 0.1) is 0 Å². The van der Waals surface area contributed by atoms with Gasteiger partial charge in [-0.15, -0.1) is 11.3 Å². The topological polar surface area (TPSA) is 15.8 Å². The van der Waals surface area contributed by atoms with E-state index in [0.717, 1.165) is 0 Å². The Bertz CT molecular complexity index is 692. The van der Waals surface area contributed by atoms with Crippen LogP contribution in [0.1, 0.15) is 11.1 Å². The molecule has 78 valence electrons. The highest BCUT2D eigenvalue weighted by molar-refractivity contribution is 7.26. The van der Waals surface area contributed by atoms with Crippen LogP contribution < -0.4 is 0 Å². The molecule has 4 rings (SSSR count). The van der Waals surface area contributed by atoms with E-state index in [1.54, 1.807) is 0 Å². The summed E-state index contributed by atoms with van der Waals surface area (Å²) in [7, 11) is 0. The number of aromatic amines is 1. The summed E-state index contributed by atoms with van der Waals surface area (Å²) in [6.45, 7) is 4.32. The minimum atomic E-state index is 1.28. The van der Waals surface area contributed by atoms with Gasteiger partial charge in [0.15, 0.2) is 0 Å². The van der Waals surface area contributed by atoms with Crippen LogP contribution >= 0.6 is 11.3 Å². The Balaban J connectivity index is 2.45. The fourth-order valence-electron chi connectivity index (χ4n) is 2.64.